The van der Waals surface area contributed by atoms with Crippen molar-refractivity contribution in [3.63, 3.8) is 0 Å². The molecule has 4 nitrogen and oxygen atoms in total. The smallest absolute Gasteiger partial charge is 0.0894 e. The Morgan fingerprint density at radius 2 is 2.33 bits per heavy atom. The van der Waals surface area contributed by atoms with E-state index in [9.17, 15) is 0 Å². The zero-order valence-electron chi connectivity index (χ0n) is 11.7. The maximum absolute atomic E-state index is 5.98. The largest absolute Gasteiger partial charge is 0.501 e. The number of nitrogens with one attached hydrogen (secondary N) is 1. The standard InChI is InChI=1S/C14H26N2O2/c1-3-15-14(12-6-5-8-17-11-12)13-10-16(4-2)7-9-18-13/h11,13-15H,3-10H2,1-2H3. The van der Waals surface area contributed by atoms with Crippen LogP contribution in [0.4, 0.5) is 0 Å². The SMILES string of the molecule is CCNC(C1=COCCC1)C1CN(CC)CCO1. The van der Waals surface area contributed by atoms with Crippen molar-refractivity contribution in [1.82, 2.24) is 10.2 Å². The summed E-state index contributed by atoms with van der Waals surface area (Å²) in [4.78, 5) is 2.46. The molecule has 0 aromatic rings. The number of likely N-dealkylation sites (N-methyl/N-ethyl adjacent to an activating group) is 2. The monoisotopic (exact) mass is 254 g/mol. The van der Waals surface area contributed by atoms with Crippen LogP contribution in [0.1, 0.15) is 26.7 Å². The molecule has 0 spiro atoms. The third kappa shape index (κ3) is 3.46. The molecule has 18 heavy (non-hydrogen) atoms. The van der Waals surface area contributed by atoms with Crippen LogP contribution in [-0.4, -0.2) is 56.4 Å². The Morgan fingerprint density at radius 1 is 1.44 bits per heavy atom. The molecular weight excluding hydrogens is 228 g/mol. The van der Waals surface area contributed by atoms with Crippen LogP contribution in [-0.2, 0) is 9.47 Å². The Morgan fingerprint density at radius 3 is 3.00 bits per heavy atom. The summed E-state index contributed by atoms with van der Waals surface area (Å²) in [6.07, 6.45) is 4.46. The van der Waals surface area contributed by atoms with Crippen molar-refractivity contribution < 1.29 is 9.47 Å². The summed E-state index contributed by atoms with van der Waals surface area (Å²) in [6.45, 7) is 10.2. The summed E-state index contributed by atoms with van der Waals surface area (Å²) in [5, 5.41) is 3.57. The highest BCUT2D eigenvalue weighted by atomic mass is 16.5. The van der Waals surface area contributed by atoms with Gasteiger partial charge in [0, 0.05) is 13.1 Å². The summed E-state index contributed by atoms with van der Waals surface area (Å²) in [7, 11) is 0. The molecule has 2 aliphatic heterocycles. The van der Waals surface area contributed by atoms with Gasteiger partial charge in [0.05, 0.1) is 31.6 Å². The van der Waals surface area contributed by atoms with Gasteiger partial charge in [0.2, 0.25) is 0 Å². The lowest BCUT2D eigenvalue weighted by molar-refractivity contribution is -0.0400. The number of hydrogen-bond donors (Lipinski definition) is 1. The van der Waals surface area contributed by atoms with Crippen LogP contribution in [0.5, 0.6) is 0 Å². The second-order valence-corrected chi connectivity index (χ2v) is 5.00. The fraction of sp³-hybridized carbons (Fsp3) is 0.857. The van der Waals surface area contributed by atoms with Crippen molar-refractivity contribution in [1.29, 1.82) is 0 Å². The second-order valence-electron chi connectivity index (χ2n) is 5.00. The summed E-state index contributed by atoms with van der Waals surface area (Å²) in [5.74, 6) is 0. The van der Waals surface area contributed by atoms with Gasteiger partial charge in [-0.05, 0) is 31.5 Å². The summed E-state index contributed by atoms with van der Waals surface area (Å²) in [5.41, 5.74) is 1.37. The van der Waals surface area contributed by atoms with Crippen molar-refractivity contribution in [3.8, 4) is 0 Å². The van der Waals surface area contributed by atoms with E-state index < -0.39 is 0 Å². The molecule has 0 saturated carbocycles. The number of morpholine rings is 1. The summed E-state index contributed by atoms with van der Waals surface area (Å²) >= 11 is 0. The molecule has 2 rings (SSSR count). The lowest BCUT2D eigenvalue weighted by atomic mass is 9.96. The predicted molar refractivity (Wildman–Crippen MR) is 72.6 cm³/mol. The zero-order valence-corrected chi connectivity index (χ0v) is 11.7. The Kier molecular flexibility index (Phi) is 5.47. The number of nitrogens with zero attached hydrogens (tertiary/aromatic N) is 1. The maximum atomic E-state index is 5.98. The highest BCUT2D eigenvalue weighted by Gasteiger charge is 2.30. The molecule has 2 atom stereocenters. The van der Waals surface area contributed by atoms with E-state index in [4.69, 9.17) is 9.47 Å². The third-order valence-electron chi connectivity index (χ3n) is 3.78. The van der Waals surface area contributed by atoms with E-state index in [1.54, 1.807) is 0 Å². The van der Waals surface area contributed by atoms with Crippen molar-refractivity contribution >= 4 is 0 Å². The number of hydrogen-bond acceptors (Lipinski definition) is 4. The molecule has 0 aromatic carbocycles. The zero-order chi connectivity index (χ0) is 12.8. The van der Waals surface area contributed by atoms with Crippen molar-refractivity contribution in [2.45, 2.75) is 38.8 Å². The normalized spacial score (nSPS) is 27.4. The summed E-state index contributed by atoms with van der Waals surface area (Å²) < 4.78 is 11.5. The Hall–Kier alpha value is -0.580. The average Bonchev–Trinajstić information content (AvgIpc) is 2.46. The molecule has 1 fully saturated rings. The highest BCUT2D eigenvalue weighted by Crippen LogP contribution is 2.21. The third-order valence-corrected chi connectivity index (χ3v) is 3.78. The molecule has 0 aromatic heterocycles. The Bertz CT molecular complexity index is 281. The second kappa shape index (κ2) is 7.12. The molecule has 104 valence electrons. The molecule has 0 bridgehead atoms. The molecule has 0 amide bonds. The van der Waals surface area contributed by atoms with Gasteiger partial charge in [0.15, 0.2) is 0 Å². The lowest BCUT2D eigenvalue weighted by Gasteiger charge is -2.38. The molecule has 2 heterocycles. The van der Waals surface area contributed by atoms with Gasteiger partial charge in [-0.2, -0.15) is 0 Å². The van der Waals surface area contributed by atoms with Crippen molar-refractivity contribution in [3.05, 3.63) is 11.8 Å². The van der Waals surface area contributed by atoms with Crippen LogP contribution < -0.4 is 5.32 Å². The molecule has 0 radical (unpaired) electrons. The van der Waals surface area contributed by atoms with Crippen molar-refractivity contribution in [2.75, 3.05) is 39.4 Å². The van der Waals surface area contributed by atoms with Crippen LogP contribution in [0.25, 0.3) is 0 Å². The molecule has 2 aliphatic rings. The molecule has 4 heteroatoms. The van der Waals surface area contributed by atoms with Gasteiger partial charge in [-0.3, -0.25) is 4.90 Å². The van der Waals surface area contributed by atoms with Crippen LogP contribution in [0, 0.1) is 0 Å². The van der Waals surface area contributed by atoms with Gasteiger partial charge in [-0.15, -0.1) is 0 Å². The van der Waals surface area contributed by atoms with Gasteiger partial charge in [0.25, 0.3) is 0 Å². The topological polar surface area (TPSA) is 33.7 Å². The van der Waals surface area contributed by atoms with E-state index in [0.717, 1.165) is 52.2 Å². The fourth-order valence-corrected chi connectivity index (χ4v) is 2.76. The Labute approximate surface area is 110 Å². The summed E-state index contributed by atoms with van der Waals surface area (Å²) in [6, 6.07) is 0.310. The molecule has 2 unspecified atom stereocenters. The first-order valence-electron chi connectivity index (χ1n) is 7.23. The lowest BCUT2D eigenvalue weighted by Crippen LogP contribution is -2.53. The minimum atomic E-state index is 0.256. The maximum Gasteiger partial charge on any atom is 0.0894 e. The first-order valence-corrected chi connectivity index (χ1v) is 7.23. The van der Waals surface area contributed by atoms with Crippen molar-refractivity contribution in [2.24, 2.45) is 0 Å². The van der Waals surface area contributed by atoms with Gasteiger partial charge in [-0.1, -0.05) is 13.8 Å². The van der Waals surface area contributed by atoms with E-state index in [1.807, 2.05) is 6.26 Å². The fourth-order valence-electron chi connectivity index (χ4n) is 2.76. The molecule has 1 N–H and O–H groups in total. The van der Waals surface area contributed by atoms with E-state index in [0.29, 0.717) is 6.04 Å². The highest BCUT2D eigenvalue weighted by molar-refractivity contribution is 5.13. The van der Waals surface area contributed by atoms with E-state index in [1.165, 1.54) is 5.57 Å². The minimum Gasteiger partial charge on any atom is -0.501 e. The quantitative estimate of drug-likeness (QED) is 0.803. The van der Waals surface area contributed by atoms with Gasteiger partial charge in [0.1, 0.15) is 0 Å². The van der Waals surface area contributed by atoms with Gasteiger partial charge >= 0.3 is 0 Å². The minimum absolute atomic E-state index is 0.256. The van der Waals surface area contributed by atoms with Crippen LogP contribution in [0.2, 0.25) is 0 Å². The van der Waals surface area contributed by atoms with E-state index >= 15 is 0 Å². The predicted octanol–water partition coefficient (Wildman–Crippen LogP) is 1.38. The van der Waals surface area contributed by atoms with Crippen LogP contribution in [0.3, 0.4) is 0 Å². The van der Waals surface area contributed by atoms with Gasteiger partial charge < -0.3 is 14.8 Å². The van der Waals surface area contributed by atoms with E-state index in [2.05, 4.69) is 24.1 Å². The first-order chi connectivity index (χ1) is 8.85. The molecule has 0 aliphatic carbocycles. The number of ether oxygens (including phenoxy) is 2. The van der Waals surface area contributed by atoms with Crippen LogP contribution in [0.15, 0.2) is 11.8 Å². The van der Waals surface area contributed by atoms with Crippen LogP contribution >= 0.6 is 0 Å². The molecular formula is C14H26N2O2. The average molecular weight is 254 g/mol. The first kappa shape index (κ1) is 13.8. The molecule has 1 saturated heterocycles. The number of rotatable bonds is 5. The van der Waals surface area contributed by atoms with Gasteiger partial charge in [-0.25, -0.2) is 0 Å². The van der Waals surface area contributed by atoms with E-state index in [-0.39, 0.29) is 6.10 Å². The Balaban J connectivity index is 2.01.